The summed E-state index contributed by atoms with van der Waals surface area (Å²) in [5, 5.41) is 0. The Morgan fingerprint density at radius 1 is 1.10 bits per heavy atom. The van der Waals surface area contributed by atoms with Gasteiger partial charge in [-0.05, 0) is 25.1 Å². The van der Waals surface area contributed by atoms with Crippen molar-refractivity contribution in [2.24, 2.45) is 0 Å². The SMILES string of the molecule is C[CH]O[Si](CC)(CC)CC. The molecule has 0 saturated heterocycles. The molecule has 0 rings (SSSR count). The van der Waals surface area contributed by atoms with Crippen LogP contribution in [0, 0.1) is 6.61 Å². The van der Waals surface area contributed by atoms with Crippen molar-refractivity contribution < 1.29 is 4.43 Å². The molecule has 10 heavy (non-hydrogen) atoms. The number of hydrogen-bond acceptors (Lipinski definition) is 1. The lowest BCUT2D eigenvalue weighted by atomic mass is 10.9. The van der Waals surface area contributed by atoms with E-state index in [2.05, 4.69) is 20.8 Å². The van der Waals surface area contributed by atoms with Gasteiger partial charge in [0.15, 0.2) is 8.32 Å². The highest BCUT2D eigenvalue weighted by molar-refractivity contribution is 6.73. The average Bonchev–Trinajstić information content (AvgIpc) is 2.01. The van der Waals surface area contributed by atoms with E-state index in [1.165, 1.54) is 18.1 Å². The molecule has 0 aliphatic heterocycles. The first-order chi connectivity index (χ1) is 4.74. The van der Waals surface area contributed by atoms with Gasteiger partial charge in [0.25, 0.3) is 0 Å². The molecule has 1 nitrogen and oxygen atoms in total. The van der Waals surface area contributed by atoms with Gasteiger partial charge in [-0.3, -0.25) is 0 Å². The number of rotatable bonds is 5. The molecule has 0 fully saturated rings. The van der Waals surface area contributed by atoms with Crippen LogP contribution in [0.5, 0.6) is 0 Å². The second-order valence-corrected chi connectivity index (χ2v) is 7.32. The third-order valence-corrected chi connectivity index (χ3v) is 6.90. The van der Waals surface area contributed by atoms with E-state index in [0.29, 0.717) is 0 Å². The molecule has 0 aromatic heterocycles. The lowest BCUT2D eigenvalue weighted by Gasteiger charge is -2.26. The standard InChI is InChI=1S/C8H19OSi/c1-5-9-10(6-2,7-3)8-4/h5H,6-8H2,1-4H3. The summed E-state index contributed by atoms with van der Waals surface area (Å²) < 4.78 is 5.69. The molecule has 0 aliphatic rings. The first-order valence-corrected chi connectivity index (χ1v) is 6.73. The van der Waals surface area contributed by atoms with Crippen molar-refractivity contribution >= 4 is 8.32 Å². The molecular weight excluding hydrogens is 140 g/mol. The normalized spacial score (nSPS) is 12.0. The van der Waals surface area contributed by atoms with E-state index in [4.69, 9.17) is 4.43 Å². The molecular formula is C8H19OSi. The van der Waals surface area contributed by atoms with Crippen molar-refractivity contribution in [3.8, 4) is 0 Å². The van der Waals surface area contributed by atoms with Crippen LogP contribution in [0.4, 0.5) is 0 Å². The third-order valence-electron chi connectivity index (χ3n) is 2.30. The van der Waals surface area contributed by atoms with Gasteiger partial charge >= 0.3 is 0 Å². The fraction of sp³-hybridized carbons (Fsp3) is 0.875. The van der Waals surface area contributed by atoms with Crippen molar-refractivity contribution in [2.45, 2.75) is 45.8 Å². The Balaban J connectivity index is 3.87. The Kier molecular flexibility index (Phi) is 5.00. The van der Waals surface area contributed by atoms with E-state index in [1.54, 1.807) is 0 Å². The predicted octanol–water partition coefficient (Wildman–Crippen LogP) is 3.19. The van der Waals surface area contributed by atoms with Crippen molar-refractivity contribution in [2.75, 3.05) is 0 Å². The highest BCUT2D eigenvalue weighted by atomic mass is 28.4. The molecule has 1 radical (unpaired) electrons. The van der Waals surface area contributed by atoms with E-state index < -0.39 is 8.32 Å². The summed E-state index contributed by atoms with van der Waals surface area (Å²) in [5.41, 5.74) is 0. The van der Waals surface area contributed by atoms with Crippen LogP contribution in [0.15, 0.2) is 0 Å². The van der Waals surface area contributed by atoms with Gasteiger partial charge in [0.05, 0.1) is 6.61 Å². The van der Waals surface area contributed by atoms with E-state index in [9.17, 15) is 0 Å². The van der Waals surface area contributed by atoms with Crippen molar-refractivity contribution in [1.82, 2.24) is 0 Å². The first kappa shape index (κ1) is 10.2. The molecule has 0 bridgehead atoms. The quantitative estimate of drug-likeness (QED) is 0.560. The molecule has 0 aromatic carbocycles. The zero-order valence-corrected chi connectivity index (χ0v) is 8.61. The summed E-state index contributed by atoms with van der Waals surface area (Å²) in [6, 6.07) is 3.72. The van der Waals surface area contributed by atoms with Gasteiger partial charge in [-0.15, -0.1) is 0 Å². The van der Waals surface area contributed by atoms with Crippen molar-refractivity contribution in [1.29, 1.82) is 0 Å². The predicted molar refractivity (Wildman–Crippen MR) is 48.3 cm³/mol. The fourth-order valence-electron chi connectivity index (χ4n) is 1.25. The van der Waals surface area contributed by atoms with E-state index >= 15 is 0 Å². The summed E-state index contributed by atoms with van der Waals surface area (Å²) in [5.74, 6) is 0. The zero-order chi connectivity index (χ0) is 8.04. The monoisotopic (exact) mass is 159 g/mol. The summed E-state index contributed by atoms with van der Waals surface area (Å²) in [7, 11) is -1.27. The van der Waals surface area contributed by atoms with E-state index in [1.807, 2.05) is 13.5 Å². The molecule has 0 amide bonds. The molecule has 2 heteroatoms. The second-order valence-electron chi connectivity index (χ2n) is 2.60. The Labute approximate surface area is 65.9 Å². The van der Waals surface area contributed by atoms with E-state index in [0.717, 1.165) is 0 Å². The maximum Gasteiger partial charge on any atom is 0.192 e. The zero-order valence-electron chi connectivity index (χ0n) is 7.61. The molecule has 0 aliphatic carbocycles. The third kappa shape index (κ3) is 2.43. The van der Waals surface area contributed by atoms with Gasteiger partial charge in [-0.1, -0.05) is 20.8 Å². The largest absolute Gasteiger partial charge is 0.412 e. The van der Waals surface area contributed by atoms with Gasteiger partial charge in [0, 0.05) is 0 Å². The van der Waals surface area contributed by atoms with Crippen molar-refractivity contribution in [3.63, 3.8) is 0 Å². The van der Waals surface area contributed by atoms with Crippen LogP contribution in [0.2, 0.25) is 18.1 Å². The molecule has 0 heterocycles. The summed E-state index contributed by atoms with van der Waals surface area (Å²) >= 11 is 0. The molecule has 0 saturated carbocycles. The summed E-state index contributed by atoms with van der Waals surface area (Å²) in [4.78, 5) is 0. The number of hydrogen-bond donors (Lipinski definition) is 0. The minimum absolute atomic E-state index is 1.24. The minimum Gasteiger partial charge on any atom is -0.412 e. The van der Waals surface area contributed by atoms with Crippen LogP contribution in [-0.4, -0.2) is 8.32 Å². The smallest absolute Gasteiger partial charge is 0.192 e. The first-order valence-electron chi connectivity index (χ1n) is 4.20. The topological polar surface area (TPSA) is 9.23 Å². The van der Waals surface area contributed by atoms with Gasteiger partial charge in [0.1, 0.15) is 0 Å². The van der Waals surface area contributed by atoms with Crippen LogP contribution < -0.4 is 0 Å². The Bertz CT molecular complexity index is 71.1. The Morgan fingerprint density at radius 2 is 1.50 bits per heavy atom. The lowest BCUT2D eigenvalue weighted by molar-refractivity contribution is 0.395. The lowest BCUT2D eigenvalue weighted by Crippen LogP contribution is -2.34. The van der Waals surface area contributed by atoms with Crippen LogP contribution >= 0.6 is 0 Å². The molecule has 61 valence electrons. The van der Waals surface area contributed by atoms with Crippen molar-refractivity contribution in [3.05, 3.63) is 6.61 Å². The molecule has 0 unspecified atom stereocenters. The Hall–Kier alpha value is 0.177. The molecule has 0 atom stereocenters. The van der Waals surface area contributed by atoms with Gasteiger partial charge in [-0.2, -0.15) is 0 Å². The summed E-state index contributed by atoms with van der Waals surface area (Å²) in [6.07, 6.45) is 0. The highest BCUT2D eigenvalue weighted by Gasteiger charge is 2.27. The molecule has 0 spiro atoms. The van der Waals surface area contributed by atoms with Gasteiger partial charge in [-0.25, -0.2) is 0 Å². The van der Waals surface area contributed by atoms with Gasteiger partial charge in [0.2, 0.25) is 0 Å². The van der Waals surface area contributed by atoms with Crippen LogP contribution in [-0.2, 0) is 4.43 Å². The maximum absolute atomic E-state index is 5.69. The minimum atomic E-state index is -1.27. The van der Waals surface area contributed by atoms with Crippen LogP contribution in [0.1, 0.15) is 27.7 Å². The van der Waals surface area contributed by atoms with Crippen LogP contribution in [0.3, 0.4) is 0 Å². The van der Waals surface area contributed by atoms with Crippen LogP contribution in [0.25, 0.3) is 0 Å². The second kappa shape index (κ2) is 4.91. The average molecular weight is 159 g/mol. The molecule has 0 N–H and O–H groups in total. The Morgan fingerprint density at radius 3 is 1.60 bits per heavy atom. The molecule has 0 aromatic rings. The highest BCUT2D eigenvalue weighted by Crippen LogP contribution is 2.21. The maximum atomic E-state index is 5.69. The van der Waals surface area contributed by atoms with E-state index in [-0.39, 0.29) is 0 Å². The van der Waals surface area contributed by atoms with Gasteiger partial charge < -0.3 is 4.43 Å². The fourth-order valence-corrected chi connectivity index (χ4v) is 3.75. The summed E-state index contributed by atoms with van der Waals surface area (Å²) in [6.45, 7) is 10.6.